The van der Waals surface area contributed by atoms with Gasteiger partial charge in [-0.2, -0.15) is 0 Å². The van der Waals surface area contributed by atoms with E-state index in [2.05, 4.69) is 10.6 Å². The molecule has 0 aromatic carbocycles. The van der Waals surface area contributed by atoms with Crippen LogP contribution in [-0.4, -0.2) is 110 Å². The largest absolute Gasteiger partial charge is 0.480 e. The molecule has 12 heteroatoms. The van der Waals surface area contributed by atoms with Crippen molar-refractivity contribution in [1.82, 2.24) is 10.6 Å². The van der Waals surface area contributed by atoms with E-state index in [1.807, 2.05) is 35.0 Å². The fourth-order valence-corrected chi connectivity index (χ4v) is 3.96. The zero-order chi connectivity index (χ0) is 26.9. The number of amides is 2. The third-order valence-electron chi connectivity index (χ3n) is 5.19. The first-order chi connectivity index (χ1) is 16.0. The van der Waals surface area contributed by atoms with E-state index in [4.69, 9.17) is 14.2 Å². The molecule has 35 heavy (non-hydrogen) atoms. The van der Waals surface area contributed by atoms with Gasteiger partial charge in [-0.05, 0) is 13.8 Å². The van der Waals surface area contributed by atoms with Crippen LogP contribution < -0.4 is 10.6 Å². The summed E-state index contributed by atoms with van der Waals surface area (Å²) in [5.41, 5.74) is -0.502. The van der Waals surface area contributed by atoms with E-state index in [0.717, 1.165) is 11.8 Å². The van der Waals surface area contributed by atoms with E-state index >= 15 is 0 Å². The van der Waals surface area contributed by atoms with Gasteiger partial charge in [0, 0.05) is 30.7 Å². The standard InChI is InChI=1S/C23H41N3O8S/c1-22(2)15-33-23(3,4)34-19(22)20(29)25-9-8-17(27)24-10-13-35-16(21(30)31)14-18(28)32-12-11-26(5,6)7/h16,19H,8-15H2,1-7H3,(H2-,24,25,27,29,30,31)/p+1/t16?,19-/m0/s1. The summed E-state index contributed by atoms with van der Waals surface area (Å²) >= 11 is 1.07. The predicted octanol–water partition coefficient (Wildman–Crippen LogP) is 0.613. The highest BCUT2D eigenvalue weighted by Crippen LogP contribution is 2.34. The lowest BCUT2D eigenvalue weighted by atomic mass is 9.85. The SMILES string of the molecule is CC1(C)OCC(C)(C)[C@H](C(=O)NCCC(=O)NCCSC(CC(=O)OCC[N+](C)(C)C)C(=O)O)O1. The summed E-state index contributed by atoms with van der Waals surface area (Å²) in [6.07, 6.45) is -0.860. The molecule has 0 spiro atoms. The molecule has 0 radical (unpaired) electrons. The van der Waals surface area contributed by atoms with Crippen LogP contribution in [0.25, 0.3) is 0 Å². The minimum absolute atomic E-state index is 0.0738. The van der Waals surface area contributed by atoms with Gasteiger partial charge in [-0.15, -0.1) is 11.8 Å². The number of aliphatic carboxylic acids is 1. The van der Waals surface area contributed by atoms with E-state index in [1.54, 1.807) is 13.8 Å². The Hall–Kier alpha value is -1.89. The van der Waals surface area contributed by atoms with Gasteiger partial charge in [0.15, 0.2) is 5.79 Å². The normalized spacial score (nSPS) is 19.9. The van der Waals surface area contributed by atoms with Gasteiger partial charge in [-0.1, -0.05) is 13.8 Å². The van der Waals surface area contributed by atoms with Crippen molar-refractivity contribution in [2.24, 2.45) is 5.41 Å². The lowest BCUT2D eigenvalue weighted by molar-refractivity contribution is -0.870. The molecule has 1 rings (SSSR count). The molecule has 1 aliphatic heterocycles. The Morgan fingerprint density at radius 2 is 1.77 bits per heavy atom. The second kappa shape index (κ2) is 13.4. The van der Waals surface area contributed by atoms with E-state index in [-0.39, 0.29) is 44.4 Å². The molecule has 1 unspecified atom stereocenters. The maximum absolute atomic E-state index is 12.6. The number of hydrogen-bond acceptors (Lipinski definition) is 8. The zero-order valence-electron chi connectivity index (χ0n) is 22.0. The molecule has 1 saturated heterocycles. The summed E-state index contributed by atoms with van der Waals surface area (Å²) < 4.78 is 17.1. The van der Waals surface area contributed by atoms with Gasteiger partial charge in [-0.3, -0.25) is 19.2 Å². The topological polar surface area (TPSA) is 140 Å². The molecule has 3 N–H and O–H groups in total. The first-order valence-corrected chi connectivity index (χ1v) is 12.7. The minimum atomic E-state index is -1.10. The zero-order valence-corrected chi connectivity index (χ0v) is 22.8. The van der Waals surface area contributed by atoms with E-state index in [0.29, 0.717) is 23.4 Å². The molecular weight excluding hydrogens is 478 g/mol. The summed E-state index contributed by atoms with van der Waals surface area (Å²) in [6, 6.07) is 0. The van der Waals surface area contributed by atoms with Gasteiger partial charge >= 0.3 is 11.9 Å². The monoisotopic (exact) mass is 520 g/mol. The van der Waals surface area contributed by atoms with Crippen LogP contribution in [0.15, 0.2) is 0 Å². The second-order valence-corrected chi connectivity index (χ2v) is 12.0. The molecule has 0 aliphatic carbocycles. The average Bonchev–Trinajstić information content (AvgIpc) is 2.71. The van der Waals surface area contributed by atoms with E-state index < -0.39 is 34.5 Å². The van der Waals surface area contributed by atoms with Crippen LogP contribution in [0, 0.1) is 5.41 Å². The maximum atomic E-state index is 12.6. The Morgan fingerprint density at radius 1 is 1.11 bits per heavy atom. The van der Waals surface area contributed by atoms with Crippen molar-refractivity contribution in [3.63, 3.8) is 0 Å². The van der Waals surface area contributed by atoms with Crippen LogP contribution in [0.5, 0.6) is 0 Å². The number of nitrogens with zero attached hydrogens (tertiary/aromatic N) is 1. The lowest BCUT2D eigenvalue weighted by Gasteiger charge is -2.44. The van der Waals surface area contributed by atoms with Crippen molar-refractivity contribution in [3.05, 3.63) is 0 Å². The van der Waals surface area contributed by atoms with E-state index in [9.17, 15) is 24.3 Å². The molecule has 1 fully saturated rings. The number of quaternary nitrogens is 1. The van der Waals surface area contributed by atoms with Gasteiger partial charge in [-0.25, -0.2) is 0 Å². The van der Waals surface area contributed by atoms with Gasteiger partial charge < -0.3 is 34.4 Å². The molecule has 11 nitrogen and oxygen atoms in total. The fourth-order valence-electron chi connectivity index (χ4n) is 3.05. The fraction of sp³-hybridized carbons (Fsp3) is 0.826. The Morgan fingerprint density at radius 3 is 2.37 bits per heavy atom. The van der Waals surface area contributed by atoms with Crippen LogP contribution >= 0.6 is 11.8 Å². The summed E-state index contributed by atoms with van der Waals surface area (Å²) in [5.74, 6) is -2.77. The quantitative estimate of drug-likeness (QED) is 0.171. The van der Waals surface area contributed by atoms with Crippen molar-refractivity contribution >= 4 is 35.5 Å². The molecule has 202 valence electrons. The smallest absolute Gasteiger partial charge is 0.317 e. The number of likely N-dealkylation sites (N-methyl/N-ethyl adjacent to an activating group) is 1. The van der Waals surface area contributed by atoms with Gasteiger partial charge in [0.1, 0.15) is 24.5 Å². The minimum Gasteiger partial charge on any atom is -0.480 e. The second-order valence-electron chi connectivity index (χ2n) is 10.7. The van der Waals surface area contributed by atoms with Crippen LogP contribution in [0.2, 0.25) is 0 Å². The molecule has 1 aliphatic rings. The molecule has 1 heterocycles. The first kappa shape index (κ1) is 31.1. The Kier molecular flexibility index (Phi) is 11.9. The molecule has 2 amide bonds. The van der Waals surface area contributed by atoms with E-state index in [1.165, 1.54) is 0 Å². The Labute approximate surface area is 212 Å². The highest BCUT2D eigenvalue weighted by Gasteiger charge is 2.45. The number of hydrogen-bond donors (Lipinski definition) is 3. The van der Waals surface area contributed by atoms with Crippen LogP contribution in [0.1, 0.15) is 40.5 Å². The molecule has 0 aromatic heterocycles. The Balaban J connectivity index is 2.29. The van der Waals surface area contributed by atoms with Crippen LogP contribution in [0.4, 0.5) is 0 Å². The number of carboxylic acid groups (broad SMARTS) is 1. The summed E-state index contributed by atoms with van der Waals surface area (Å²) in [6.45, 7) is 8.87. The van der Waals surface area contributed by atoms with Crippen molar-refractivity contribution in [2.75, 3.05) is 59.7 Å². The van der Waals surface area contributed by atoms with Gasteiger partial charge in [0.2, 0.25) is 11.8 Å². The highest BCUT2D eigenvalue weighted by molar-refractivity contribution is 8.00. The van der Waals surface area contributed by atoms with Crippen molar-refractivity contribution in [2.45, 2.75) is 57.7 Å². The average molecular weight is 521 g/mol. The molecule has 2 atom stereocenters. The molecule has 0 bridgehead atoms. The number of carboxylic acids is 1. The maximum Gasteiger partial charge on any atom is 0.317 e. The number of esters is 1. The number of carbonyl (C=O) groups is 4. The molecule has 0 aromatic rings. The Bertz CT molecular complexity index is 752. The summed E-state index contributed by atoms with van der Waals surface area (Å²) in [5, 5.41) is 13.8. The predicted molar refractivity (Wildman–Crippen MR) is 132 cm³/mol. The number of ether oxygens (including phenoxy) is 3. The van der Waals surface area contributed by atoms with Gasteiger partial charge in [0.25, 0.3) is 0 Å². The first-order valence-electron chi connectivity index (χ1n) is 11.7. The lowest BCUT2D eigenvalue weighted by Crippen LogP contribution is -2.56. The number of thioether (sulfide) groups is 1. The molecule has 0 saturated carbocycles. The highest BCUT2D eigenvalue weighted by atomic mass is 32.2. The third kappa shape index (κ3) is 12.6. The van der Waals surface area contributed by atoms with Gasteiger partial charge in [0.05, 0.1) is 34.2 Å². The van der Waals surface area contributed by atoms with Crippen LogP contribution in [-0.2, 0) is 33.4 Å². The summed E-state index contributed by atoms with van der Waals surface area (Å²) in [7, 11) is 5.90. The van der Waals surface area contributed by atoms with Crippen molar-refractivity contribution in [3.8, 4) is 0 Å². The van der Waals surface area contributed by atoms with Crippen molar-refractivity contribution < 1.29 is 43.0 Å². The number of carbonyl (C=O) groups excluding carboxylic acids is 3. The molecular formula is C23H42N3O8S+. The number of nitrogens with one attached hydrogen (secondary N) is 2. The summed E-state index contributed by atoms with van der Waals surface area (Å²) in [4.78, 5) is 48.0. The number of rotatable bonds is 14. The third-order valence-corrected chi connectivity index (χ3v) is 6.40. The van der Waals surface area contributed by atoms with Crippen LogP contribution in [0.3, 0.4) is 0 Å². The van der Waals surface area contributed by atoms with Crippen molar-refractivity contribution in [1.29, 1.82) is 0 Å².